The molecule has 5 N–H and O–H groups in total. The van der Waals surface area contributed by atoms with Crippen LogP contribution in [-0.4, -0.2) is 77.2 Å². The number of aromatic hydroxyl groups is 1. The minimum absolute atomic E-state index is 0.108. The number of benzene rings is 1. The van der Waals surface area contributed by atoms with Crippen LogP contribution in [0.3, 0.4) is 0 Å². The van der Waals surface area contributed by atoms with Gasteiger partial charge >= 0.3 is 0 Å². The number of aliphatic hydroxyl groups is 4. The predicted molar refractivity (Wildman–Crippen MR) is 178 cm³/mol. The molecule has 4 rings (SSSR count). The lowest BCUT2D eigenvalue weighted by molar-refractivity contribution is -0.254. The standard InChI is InChI=1S/C36H59N3O7/c1-5-6-7-8-9-10-11-12-13-14-15-16-17-18-20-36(4)21-19-26-29(30(41)24(2)25(3)34(26)46-36)27-22-39(38-37-27)35-33(44)32(43)31(42)28(23-40)45-35/h22,28,31-33,35,40-44H,5-21,23H2,1-4H3/t28-,31+,32+,33-,35+,36?/m0/s1. The Labute approximate surface area is 275 Å². The van der Waals surface area contributed by atoms with Crippen LogP contribution in [0.15, 0.2) is 6.20 Å². The van der Waals surface area contributed by atoms with Crippen molar-refractivity contribution in [3.05, 3.63) is 22.9 Å². The molecule has 0 radical (unpaired) electrons. The van der Waals surface area contributed by atoms with Gasteiger partial charge in [-0.1, -0.05) is 95.6 Å². The highest BCUT2D eigenvalue weighted by atomic mass is 16.6. The molecule has 0 saturated carbocycles. The van der Waals surface area contributed by atoms with E-state index in [1.165, 1.54) is 88.2 Å². The number of phenols is 1. The molecule has 0 amide bonds. The van der Waals surface area contributed by atoms with Gasteiger partial charge in [-0.05, 0) is 57.6 Å². The largest absolute Gasteiger partial charge is 0.507 e. The summed E-state index contributed by atoms with van der Waals surface area (Å²) in [5.74, 6) is 0.892. The number of aromatic nitrogens is 3. The van der Waals surface area contributed by atoms with E-state index in [4.69, 9.17) is 9.47 Å². The Bertz CT molecular complexity index is 1230. The van der Waals surface area contributed by atoms with Gasteiger partial charge in [0, 0.05) is 5.56 Å². The van der Waals surface area contributed by atoms with Gasteiger partial charge in [0.15, 0.2) is 6.23 Å². The molecule has 2 aliphatic rings. The van der Waals surface area contributed by atoms with Crippen LogP contribution in [0.25, 0.3) is 11.3 Å². The fourth-order valence-corrected chi connectivity index (χ4v) is 7.04. The normalized spacial score (nSPS) is 26.2. The molecule has 1 unspecified atom stereocenters. The Morgan fingerprint density at radius 1 is 0.848 bits per heavy atom. The number of unbranched alkanes of at least 4 members (excludes halogenated alkanes) is 13. The Kier molecular flexibility index (Phi) is 13.7. The molecule has 0 bridgehead atoms. The highest BCUT2D eigenvalue weighted by Crippen LogP contribution is 2.48. The summed E-state index contributed by atoms with van der Waals surface area (Å²) in [6, 6.07) is 0. The molecular weight excluding hydrogens is 586 g/mol. The summed E-state index contributed by atoms with van der Waals surface area (Å²) in [4.78, 5) is 0. The van der Waals surface area contributed by atoms with Crippen LogP contribution in [0.1, 0.15) is 139 Å². The van der Waals surface area contributed by atoms with Crippen molar-refractivity contribution in [1.82, 2.24) is 15.0 Å². The van der Waals surface area contributed by atoms with E-state index in [9.17, 15) is 25.5 Å². The van der Waals surface area contributed by atoms with Gasteiger partial charge in [0.25, 0.3) is 0 Å². The topological polar surface area (TPSA) is 150 Å². The first kappa shape index (κ1) is 36.6. The lowest BCUT2D eigenvalue weighted by Gasteiger charge is -2.39. The van der Waals surface area contributed by atoms with Gasteiger partial charge < -0.3 is 35.0 Å². The van der Waals surface area contributed by atoms with Crippen molar-refractivity contribution in [2.24, 2.45) is 0 Å². The third-order valence-corrected chi connectivity index (χ3v) is 10.3. The van der Waals surface area contributed by atoms with Crippen LogP contribution < -0.4 is 4.74 Å². The summed E-state index contributed by atoms with van der Waals surface area (Å²) in [6.07, 6.45) is 16.0. The van der Waals surface area contributed by atoms with Gasteiger partial charge in [0.05, 0.1) is 18.4 Å². The van der Waals surface area contributed by atoms with E-state index in [1.54, 1.807) is 6.20 Å². The van der Waals surface area contributed by atoms with Gasteiger partial charge in [-0.2, -0.15) is 0 Å². The summed E-state index contributed by atoms with van der Waals surface area (Å²) in [6.45, 7) is 7.76. The van der Waals surface area contributed by atoms with Crippen molar-refractivity contribution >= 4 is 0 Å². The first-order chi connectivity index (χ1) is 22.1. The molecule has 0 aliphatic carbocycles. The highest BCUT2D eigenvalue weighted by molar-refractivity contribution is 5.77. The number of hydrogen-bond acceptors (Lipinski definition) is 9. The number of ether oxygens (including phenoxy) is 2. The summed E-state index contributed by atoms with van der Waals surface area (Å²) >= 11 is 0. The second-order valence-electron chi connectivity index (χ2n) is 14.0. The third-order valence-electron chi connectivity index (χ3n) is 10.3. The quantitative estimate of drug-likeness (QED) is 0.120. The molecule has 2 aliphatic heterocycles. The summed E-state index contributed by atoms with van der Waals surface area (Å²) in [5, 5.41) is 60.2. The molecule has 260 valence electrons. The second-order valence-corrected chi connectivity index (χ2v) is 14.0. The van der Waals surface area contributed by atoms with Crippen molar-refractivity contribution in [1.29, 1.82) is 0 Å². The minimum atomic E-state index is -1.53. The third kappa shape index (κ3) is 8.81. The molecule has 46 heavy (non-hydrogen) atoms. The second kappa shape index (κ2) is 17.2. The number of hydrogen-bond donors (Lipinski definition) is 5. The zero-order valence-corrected chi connectivity index (χ0v) is 28.6. The van der Waals surface area contributed by atoms with Crippen molar-refractivity contribution in [3.8, 4) is 22.8 Å². The molecule has 3 heterocycles. The molecule has 1 aromatic heterocycles. The predicted octanol–water partition coefficient (Wildman–Crippen LogP) is 6.20. The van der Waals surface area contributed by atoms with E-state index < -0.39 is 37.3 Å². The molecule has 2 aromatic rings. The van der Waals surface area contributed by atoms with E-state index in [1.807, 2.05) is 13.8 Å². The summed E-state index contributed by atoms with van der Waals surface area (Å²) in [7, 11) is 0. The maximum absolute atomic E-state index is 11.3. The van der Waals surface area contributed by atoms with Crippen molar-refractivity contribution in [2.75, 3.05) is 6.61 Å². The van der Waals surface area contributed by atoms with Crippen LogP contribution in [0.4, 0.5) is 0 Å². The maximum atomic E-state index is 11.3. The molecular formula is C36H59N3O7. The lowest BCUT2D eigenvalue weighted by atomic mass is 9.83. The molecule has 6 atom stereocenters. The molecule has 0 spiro atoms. The number of aliphatic hydroxyl groups excluding tert-OH is 4. The van der Waals surface area contributed by atoms with Crippen molar-refractivity contribution in [3.63, 3.8) is 0 Å². The molecule has 1 saturated heterocycles. The fourth-order valence-electron chi connectivity index (χ4n) is 7.04. The Morgan fingerprint density at radius 2 is 1.43 bits per heavy atom. The van der Waals surface area contributed by atoms with Crippen LogP contribution in [-0.2, 0) is 11.2 Å². The Balaban J connectivity index is 1.31. The number of rotatable bonds is 18. The summed E-state index contributed by atoms with van der Waals surface area (Å²) < 4.78 is 13.6. The van der Waals surface area contributed by atoms with Gasteiger partial charge in [-0.15, -0.1) is 5.10 Å². The average Bonchev–Trinajstić information content (AvgIpc) is 3.53. The minimum Gasteiger partial charge on any atom is -0.507 e. The van der Waals surface area contributed by atoms with E-state index >= 15 is 0 Å². The Hall–Kier alpha value is -2.24. The molecule has 1 aromatic carbocycles. The molecule has 10 heteroatoms. The van der Waals surface area contributed by atoms with Gasteiger partial charge in [-0.3, -0.25) is 0 Å². The van der Waals surface area contributed by atoms with E-state index in [0.29, 0.717) is 23.2 Å². The first-order valence-electron chi connectivity index (χ1n) is 17.9. The lowest BCUT2D eigenvalue weighted by Crippen LogP contribution is -2.56. The summed E-state index contributed by atoms with van der Waals surface area (Å²) in [5.41, 5.74) is 3.12. The first-order valence-corrected chi connectivity index (χ1v) is 17.9. The highest BCUT2D eigenvalue weighted by Gasteiger charge is 2.45. The van der Waals surface area contributed by atoms with Crippen LogP contribution in [0, 0.1) is 13.8 Å². The van der Waals surface area contributed by atoms with Crippen LogP contribution in [0.5, 0.6) is 11.5 Å². The Morgan fingerprint density at radius 3 is 2.02 bits per heavy atom. The van der Waals surface area contributed by atoms with Crippen LogP contribution >= 0.6 is 0 Å². The molecule has 1 fully saturated rings. The number of nitrogens with zero attached hydrogens (tertiary/aromatic N) is 3. The van der Waals surface area contributed by atoms with E-state index in [-0.39, 0.29) is 11.4 Å². The van der Waals surface area contributed by atoms with Gasteiger partial charge in [-0.25, -0.2) is 4.68 Å². The zero-order valence-electron chi connectivity index (χ0n) is 28.6. The zero-order chi connectivity index (χ0) is 33.3. The monoisotopic (exact) mass is 645 g/mol. The number of phenolic OH excluding ortho intramolecular Hbond substituents is 1. The SMILES string of the molecule is CCCCCCCCCCCCCCCCC1(C)CCc2c(c(C)c(C)c(O)c2-c2cn([C@@H]3O[C@@H](CO)[C@@H](O)[C@@H](O)[C@@H]3O)nn2)O1. The molecule has 10 nitrogen and oxygen atoms in total. The van der Waals surface area contributed by atoms with E-state index in [0.717, 1.165) is 36.1 Å². The van der Waals surface area contributed by atoms with Gasteiger partial charge in [0.2, 0.25) is 0 Å². The van der Waals surface area contributed by atoms with Gasteiger partial charge in [0.1, 0.15) is 47.2 Å². The average molecular weight is 646 g/mol. The van der Waals surface area contributed by atoms with Crippen molar-refractivity contribution < 1.29 is 35.0 Å². The van der Waals surface area contributed by atoms with Crippen LogP contribution in [0.2, 0.25) is 0 Å². The van der Waals surface area contributed by atoms with Crippen molar-refractivity contribution in [2.45, 2.75) is 173 Å². The number of fused-ring (bicyclic) bond motifs is 1. The smallest absolute Gasteiger partial charge is 0.180 e. The van der Waals surface area contributed by atoms with E-state index in [2.05, 4.69) is 24.2 Å². The maximum Gasteiger partial charge on any atom is 0.180 e. The fraction of sp³-hybridized carbons (Fsp3) is 0.778.